The molecule has 1 aromatic carbocycles. The molecule has 0 amide bonds. The van der Waals surface area contributed by atoms with Gasteiger partial charge in [-0.25, -0.2) is 4.98 Å². The van der Waals surface area contributed by atoms with Crippen molar-refractivity contribution in [2.24, 2.45) is 5.92 Å². The fraction of sp³-hybridized carbons (Fsp3) is 0.435. The van der Waals surface area contributed by atoms with E-state index in [-0.39, 0.29) is 0 Å². The monoisotopic (exact) mass is 392 g/mol. The Kier molecular flexibility index (Phi) is 6.08. The first-order chi connectivity index (χ1) is 14.2. The van der Waals surface area contributed by atoms with Crippen LogP contribution in [0.25, 0.3) is 11.3 Å². The number of ether oxygens (including phenoxy) is 1. The molecule has 0 N–H and O–H groups in total. The molecule has 152 valence electrons. The Morgan fingerprint density at radius 3 is 2.52 bits per heavy atom. The van der Waals surface area contributed by atoms with Crippen molar-refractivity contribution in [2.75, 3.05) is 24.6 Å². The minimum absolute atomic E-state index is 0.700. The smallest absolute Gasteiger partial charge is 0.194 e. The highest BCUT2D eigenvalue weighted by Crippen LogP contribution is 2.25. The Morgan fingerprint density at radius 1 is 1.07 bits per heavy atom. The fourth-order valence-corrected chi connectivity index (χ4v) is 3.68. The highest BCUT2D eigenvalue weighted by Gasteiger charge is 2.20. The quantitative estimate of drug-likeness (QED) is 0.581. The van der Waals surface area contributed by atoms with Crippen LogP contribution in [0.5, 0.6) is 5.75 Å². The predicted octanol–water partition coefficient (Wildman–Crippen LogP) is 4.69. The van der Waals surface area contributed by atoms with Gasteiger partial charge in [0.05, 0.1) is 12.3 Å². The van der Waals surface area contributed by atoms with Crippen LogP contribution in [-0.2, 0) is 6.42 Å². The maximum atomic E-state index is 5.97. The normalized spacial score (nSPS) is 14.9. The first-order valence-electron chi connectivity index (χ1n) is 10.4. The summed E-state index contributed by atoms with van der Waals surface area (Å²) in [7, 11) is 0. The molecule has 6 nitrogen and oxygen atoms in total. The number of piperidine rings is 1. The van der Waals surface area contributed by atoms with Crippen LogP contribution in [0.15, 0.2) is 47.1 Å². The lowest BCUT2D eigenvalue weighted by atomic mass is 9.94. The average molecular weight is 393 g/mol. The van der Waals surface area contributed by atoms with E-state index in [1.165, 1.54) is 12.8 Å². The standard InChI is InChI=1S/C23H28N4O2/c1-3-23-24-21(16-29-23)19-5-7-20(8-6-19)28-15-12-18-10-13-27(14-11-18)22-9-4-17(2)25-26-22/h4-9,16,18H,3,10-15H2,1-2H3. The van der Waals surface area contributed by atoms with Gasteiger partial charge in [0.25, 0.3) is 0 Å². The van der Waals surface area contributed by atoms with E-state index in [1.54, 1.807) is 6.26 Å². The van der Waals surface area contributed by atoms with Gasteiger partial charge in [0.2, 0.25) is 0 Å². The van der Waals surface area contributed by atoms with Crippen LogP contribution in [0.3, 0.4) is 0 Å². The number of aromatic nitrogens is 3. The molecule has 1 fully saturated rings. The summed E-state index contributed by atoms with van der Waals surface area (Å²) in [6.45, 7) is 6.82. The van der Waals surface area contributed by atoms with Gasteiger partial charge in [-0.1, -0.05) is 6.92 Å². The summed E-state index contributed by atoms with van der Waals surface area (Å²) < 4.78 is 11.4. The fourth-order valence-electron chi connectivity index (χ4n) is 3.68. The van der Waals surface area contributed by atoms with Crippen molar-refractivity contribution >= 4 is 5.82 Å². The first-order valence-corrected chi connectivity index (χ1v) is 10.4. The molecule has 1 saturated heterocycles. The van der Waals surface area contributed by atoms with E-state index >= 15 is 0 Å². The summed E-state index contributed by atoms with van der Waals surface area (Å²) in [6.07, 6.45) is 5.94. The van der Waals surface area contributed by atoms with Crippen molar-refractivity contribution in [3.05, 3.63) is 54.2 Å². The second-order valence-corrected chi connectivity index (χ2v) is 7.60. The third-order valence-corrected chi connectivity index (χ3v) is 5.52. The minimum atomic E-state index is 0.700. The molecule has 3 heterocycles. The van der Waals surface area contributed by atoms with Crippen LogP contribution in [0.1, 0.15) is 37.8 Å². The number of hydrogen-bond acceptors (Lipinski definition) is 6. The largest absolute Gasteiger partial charge is 0.494 e. The highest BCUT2D eigenvalue weighted by atomic mass is 16.5. The summed E-state index contributed by atoms with van der Waals surface area (Å²) in [5.41, 5.74) is 2.88. The SMILES string of the molecule is CCc1nc(-c2ccc(OCCC3CCN(c4ccc(C)nn4)CC3)cc2)co1. The molecule has 2 aromatic heterocycles. The van der Waals surface area contributed by atoms with Crippen LogP contribution < -0.4 is 9.64 Å². The Hall–Kier alpha value is -2.89. The zero-order valence-electron chi connectivity index (χ0n) is 17.2. The van der Waals surface area contributed by atoms with Gasteiger partial charge in [-0.2, -0.15) is 5.10 Å². The molecule has 1 aliphatic rings. The lowest BCUT2D eigenvalue weighted by molar-refractivity contribution is 0.258. The van der Waals surface area contributed by atoms with Crippen LogP contribution >= 0.6 is 0 Å². The summed E-state index contributed by atoms with van der Waals surface area (Å²) in [5, 5.41) is 8.47. The molecule has 0 saturated carbocycles. The van der Waals surface area contributed by atoms with E-state index in [4.69, 9.17) is 9.15 Å². The molecule has 0 unspecified atom stereocenters. The molecule has 4 rings (SSSR count). The highest BCUT2D eigenvalue weighted by molar-refractivity contribution is 5.58. The van der Waals surface area contributed by atoms with Crippen molar-refractivity contribution in [3.8, 4) is 17.0 Å². The van der Waals surface area contributed by atoms with Crippen LogP contribution in [0.4, 0.5) is 5.82 Å². The lowest BCUT2D eigenvalue weighted by Crippen LogP contribution is -2.34. The second-order valence-electron chi connectivity index (χ2n) is 7.60. The topological polar surface area (TPSA) is 64.3 Å². The van der Waals surface area contributed by atoms with Gasteiger partial charge >= 0.3 is 0 Å². The molecule has 3 aromatic rings. The van der Waals surface area contributed by atoms with Gasteiger partial charge in [-0.05, 0) is 68.5 Å². The summed E-state index contributed by atoms with van der Waals surface area (Å²) in [6, 6.07) is 12.2. The Balaban J connectivity index is 1.21. The zero-order valence-corrected chi connectivity index (χ0v) is 17.2. The van der Waals surface area contributed by atoms with Crippen molar-refractivity contribution in [1.29, 1.82) is 0 Å². The molecule has 0 bridgehead atoms. The number of benzene rings is 1. The zero-order chi connectivity index (χ0) is 20.1. The van der Waals surface area contributed by atoms with Gasteiger partial charge in [-0.15, -0.1) is 5.10 Å². The number of oxazole rings is 1. The number of nitrogens with zero attached hydrogens (tertiary/aromatic N) is 4. The number of anilines is 1. The van der Waals surface area contributed by atoms with Gasteiger partial charge < -0.3 is 14.1 Å². The molecule has 1 aliphatic heterocycles. The third-order valence-electron chi connectivity index (χ3n) is 5.52. The van der Waals surface area contributed by atoms with Crippen LogP contribution in [0, 0.1) is 12.8 Å². The van der Waals surface area contributed by atoms with E-state index < -0.39 is 0 Å². The van der Waals surface area contributed by atoms with Crippen molar-refractivity contribution < 1.29 is 9.15 Å². The molecular formula is C23H28N4O2. The maximum absolute atomic E-state index is 5.97. The van der Waals surface area contributed by atoms with E-state index in [9.17, 15) is 0 Å². The number of rotatable bonds is 7. The predicted molar refractivity (Wildman–Crippen MR) is 113 cm³/mol. The molecule has 0 spiro atoms. The van der Waals surface area contributed by atoms with Crippen LogP contribution in [0.2, 0.25) is 0 Å². The minimum Gasteiger partial charge on any atom is -0.494 e. The molecule has 0 aliphatic carbocycles. The average Bonchev–Trinajstić information content (AvgIpc) is 3.25. The van der Waals surface area contributed by atoms with E-state index in [1.807, 2.05) is 44.2 Å². The molecule has 0 radical (unpaired) electrons. The van der Waals surface area contributed by atoms with Crippen LogP contribution in [-0.4, -0.2) is 34.9 Å². The summed E-state index contributed by atoms with van der Waals surface area (Å²) >= 11 is 0. The summed E-state index contributed by atoms with van der Waals surface area (Å²) in [4.78, 5) is 6.79. The van der Waals surface area contributed by atoms with Crippen molar-refractivity contribution in [1.82, 2.24) is 15.2 Å². The Morgan fingerprint density at radius 2 is 1.86 bits per heavy atom. The second kappa shape index (κ2) is 9.07. The Labute approximate surface area is 171 Å². The molecular weight excluding hydrogens is 364 g/mol. The van der Waals surface area contributed by atoms with Gasteiger partial charge in [0.15, 0.2) is 11.7 Å². The van der Waals surface area contributed by atoms with Crippen molar-refractivity contribution in [2.45, 2.75) is 39.5 Å². The maximum Gasteiger partial charge on any atom is 0.194 e. The van der Waals surface area contributed by atoms with Gasteiger partial charge in [0.1, 0.15) is 17.7 Å². The lowest BCUT2D eigenvalue weighted by Gasteiger charge is -2.32. The number of aryl methyl sites for hydroxylation is 2. The molecule has 0 atom stereocenters. The van der Waals surface area contributed by atoms with E-state index in [2.05, 4.69) is 26.1 Å². The summed E-state index contributed by atoms with van der Waals surface area (Å²) in [5.74, 6) is 3.36. The van der Waals surface area contributed by atoms with Gasteiger partial charge in [-0.3, -0.25) is 0 Å². The number of hydrogen-bond donors (Lipinski definition) is 0. The van der Waals surface area contributed by atoms with E-state index in [0.717, 1.165) is 66.9 Å². The van der Waals surface area contributed by atoms with E-state index in [0.29, 0.717) is 5.92 Å². The Bertz CT molecular complexity index is 897. The van der Waals surface area contributed by atoms with Gasteiger partial charge in [0, 0.05) is 25.1 Å². The molecule has 29 heavy (non-hydrogen) atoms. The first kappa shape index (κ1) is 19.4. The van der Waals surface area contributed by atoms with Crippen molar-refractivity contribution in [3.63, 3.8) is 0 Å². The third kappa shape index (κ3) is 4.94. The molecule has 6 heteroatoms.